The smallest absolute Gasteiger partial charge is 0.251 e. The maximum absolute atomic E-state index is 12.3. The molecule has 1 aliphatic rings. The van der Waals surface area contributed by atoms with Crippen molar-refractivity contribution in [2.75, 3.05) is 5.73 Å². The molecule has 0 aliphatic heterocycles. The molecule has 0 aromatic heterocycles. The van der Waals surface area contributed by atoms with Crippen LogP contribution in [0.15, 0.2) is 18.2 Å². The summed E-state index contributed by atoms with van der Waals surface area (Å²) in [4.78, 5) is 12.3. The van der Waals surface area contributed by atoms with Crippen LogP contribution in [0.25, 0.3) is 0 Å². The zero-order valence-corrected chi connectivity index (χ0v) is 12.0. The van der Waals surface area contributed by atoms with Gasteiger partial charge in [0.1, 0.15) is 0 Å². The highest BCUT2D eigenvalue weighted by Crippen LogP contribution is 2.27. The molecule has 2 unspecified atom stereocenters. The first-order valence-electron chi connectivity index (χ1n) is 6.97. The van der Waals surface area contributed by atoms with Gasteiger partial charge in [-0.3, -0.25) is 4.79 Å². The molecule has 0 radical (unpaired) electrons. The minimum absolute atomic E-state index is 0.0699. The Labute approximate surface area is 119 Å². The van der Waals surface area contributed by atoms with Gasteiger partial charge >= 0.3 is 0 Å². The van der Waals surface area contributed by atoms with Crippen molar-refractivity contribution in [2.24, 2.45) is 5.92 Å². The van der Waals surface area contributed by atoms with Crippen molar-refractivity contribution in [2.45, 2.75) is 45.1 Å². The average Bonchev–Trinajstić information content (AvgIpc) is 2.38. The summed E-state index contributed by atoms with van der Waals surface area (Å²) in [6.07, 6.45) is 5.86. The third-order valence-electron chi connectivity index (χ3n) is 3.93. The van der Waals surface area contributed by atoms with Gasteiger partial charge in [-0.25, -0.2) is 0 Å². The molecule has 0 heterocycles. The van der Waals surface area contributed by atoms with Gasteiger partial charge in [-0.05, 0) is 37.0 Å². The molecule has 0 saturated heterocycles. The molecular weight excluding hydrogens is 260 g/mol. The normalized spacial score (nSPS) is 23.1. The summed E-state index contributed by atoms with van der Waals surface area (Å²) < 4.78 is 0. The molecule has 1 amide bonds. The number of carbonyl (C=O) groups excluding carboxylic acids is 1. The van der Waals surface area contributed by atoms with Gasteiger partial charge in [-0.15, -0.1) is 0 Å². The van der Waals surface area contributed by atoms with Gasteiger partial charge in [0.05, 0.1) is 0 Å². The van der Waals surface area contributed by atoms with Crippen LogP contribution in [0.2, 0.25) is 5.02 Å². The first-order valence-corrected chi connectivity index (χ1v) is 7.35. The quantitative estimate of drug-likeness (QED) is 0.831. The van der Waals surface area contributed by atoms with E-state index in [-0.39, 0.29) is 11.9 Å². The van der Waals surface area contributed by atoms with Crippen molar-refractivity contribution >= 4 is 23.2 Å². The molecule has 2 atom stereocenters. The summed E-state index contributed by atoms with van der Waals surface area (Å²) in [7, 11) is 0. The summed E-state index contributed by atoms with van der Waals surface area (Å²) in [5, 5.41) is 3.64. The number of nitrogen functional groups attached to an aromatic ring is 1. The number of nitrogens with one attached hydrogen (secondary N) is 1. The molecule has 0 bridgehead atoms. The zero-order valence-electron chi connectivity index (χ0n) is 11.3. The first kappa shape index (κ1) is 14.2. The Balaban J connectivity index is 2.07. The highest BCUT2D eigenvalue weighted by atomic mass is 35.5. The van der Waals surface area contributed by atoms with E-state index in [0.717, 1.165) is 12.8 Å². The fourth-order valence-corrected chi connectivity index (χ4v) is 3.13. The van der Waals surface area contributed by atoms with Crippen molar-refractivity contribution in [3.8, 4) is 0 Å². The lowest BCUT2D eigenvalue weighted by Gasteiger charge is -2.31. The van der Waals surface area contributed by atoms with Crippen molar-refractivity contribution in [3.63, 3.8) is 0 Å². The highest BCUT2D eigenvalue weighted by molar-refractivity contribution is 6.31. The largest absolute Gasteiger partial charge is 0.399 e. The molecule has 1 saturated carbocycles. The van der Waals surface area contributed by atoms with E-state index in [4.69, 9.17) is 17.3 Å². The van der Waals surface area contributed by atoms with E-state index >= 15 is 0 Å². The Kier molecular flexibility index (Phi) is 4.70. The summed E-state index contributed by atoms with van der Waals surface area (Å²) in [5.41, 5.74) is 6.79. The predicted octanol–water partition coefficient (Wildman–Crippen LogP) is 3.62. The maximum atomic E-state index is 12.3. The SMILES string of the molecule is CCC1CCCCC1NC(=O)c1cc(N)cc(Cl)c1. The lowest BCUT2D eigenvalue weighted by molar-refractivity contribution is 0.0905. The molecule has 19 heavy (non-hydrogen) atoms. The van der Waals surface area contributed by atoms with Crippen LogP contribution >= 0.6 is 11.6 Å². The average molecular weight is 281 g/mol. The van der Waals surface area contributed by atoms with Crippen LogP contribution in [0.3, 0.4) is 0 Å². The number of rotatable bonds is 3. The van der Waals surface area contributed by atoms with Gasteiger partial charge in [0, 0.05) is 22.3 Å². The fraction of sp³-hybridized carbons (Fsp3) is 0.533. The minimum atomic E-state index is -0.0699. The molecule has 104 valence electrons. The molecule has 4 heteroatoms. The predicted molar refractivity (Wildman–Crippen MR) is 79.4 cm³/mol. The second-order valence-corrected chi connectivity index (χ2v) is 5.74. The molecule has 1 fully saturated rings. The number of halogens is 1. The van der Waals surface area contributed by atoms with E-state index in [1.165, 1.54) is 19.3 Å². The van der Waals surface area contributed by atoms with E-state index in [1.54, 1.807) is 18.2 Å². The lowest BCUT2D eigenvalue weighted by Crippen LogP contribution is -2.41. The van der Waals surface area contributed by atoms with Crippen LogP contribution in [0, 0.1) is 5.92 Å². The van der Waals surface area contributed by atoms with Crippen molar-refractivity contribution < 1.29 is 4.79 Å². The standard InChI is InChI=1S/C15H21ClN2O/c1-2-10-5-3-4-6-14(10)18-15(19)11-7-12(16)9-13(17)8-11/h7-10,14H,2-6,17H2,1H3,(H,18,19). The van der Waals surface area contributed by atoms with Crippen LogP contribution in [-0.2, 0) is 0 Å². The Morgan fingerprint density at radius 1 is 1.37 bits per heavy atom. The monoisotopic (exact) mass is 280 g/mol. The topological polar surface area (TPSA) is 55.1 Å². The van der Waals surface area contributed by atoms with Gasteiger partial charge in [0.25, 0.3) is 5.91 Å². The summed E-state index contributed by atoms with van der Waals surface area (Å²) in [6.45, 7) is 2.19. The van der Waals surface area contributed by atoms with Crippen LogP contribution < -0.4 is 11.1 Å². The highest BCUT2D eigenvalue weighted by Gasteiger charge is 2.25. The maximum Gasteiger partial charge on any atom is 0.251 e. The van der Waals surface area contributed by atoms with Crippen LogP contribution in [0.4, 0.5) is 5.69 Å². The molecule has 2 rings (SSSR count). The number of nitrogens with two attached hydrogens (primary N) is 1. The van der Waals surface area contributed by atoms with E-state index in [2.05, 4.69) is 12.2 Å². The second-order valence-electron chi connectivity index (χ2n) is 5.31. The molecule has 3 N–H and O–H groups in total. The summed E-state index contributed by atoms with van der Waals surface area (Å²) in [5.74, 6) is 0.522. The molecule has 1 aromatic rings. The molecule has 3 nitrogen and oxygen atoms in total. The first-order chi connectivity index (χ1) is 9.10. The summed E-state index contributed by atoms with van der Waals surface area (Å²) >= 11 is 5.93. The van der Waals surface area contributed by atoms with Gasteiger partial charge in [0.15, 0.2) is 0 Å². The summed E-state index contributed by atoms with van der Waals surface area (Å²) in [6, 6.07) is 5.27. The molecule has 1 aliphatic carbocycles. The molecule has 1 aromatic carbocycles. The van der Waals surface area contributed by atoms with Gasteiger partial charge in [-0.1, -0.05) is 37.8 Å². The zero-order chi connectivity index (χ0) is 13.8. The van der Waals surface area contributed by atoms with Gasteiger partial charge in [0.2, 0.25) is 0 Å². The number of benzene rings is 1. The molecule has 0 spiro atoms. The van der Waals surface area contributed by atoms with E-state index in [1.807, 2.05) is 0 Å². The molecular formula is C15H21ClN2O. The minimum Gasteiger partial charge on any atom is -0.399 e. The van der Waals surface area contributed by atoms with E-state index in [9.17, 15) is 4.79 Å². The Morgan fingerprint density at radius 3 is 2.79 bits per heavy atom. The number of amides is 1. The van der Waals surface area contributed by atoms with E-state index < -0.39 is 0 Å². The van der Waals surface area contributed by atoms with Crippen LogP contribution in [-0.4, -0.2) is 11.9 Å². The lowest BCUT2D eigenvalue weighted by atomic mass is 9.83. The Bertz CT molecular complexity index is 441. The number of hydrogen-bond acceptors (Lipinski definition) is 2. The van der Waals surface area contributed by atoms with Gasteiger partial charge in [-0.2, -0.15) is 0 Å². The van der Waals surface area contributed by atoms with Crippen molar-refractivity contribution in [1.29, 1.82) is 0 Å². The number of carbonyl (C=O) groups is 1. The van der Waals surface area contributed by atoms with Crippen molar-refractivity contribution in [3.05, 3.63) is 28.8 Å². The van der Waals surface area contributed by atoms with Crippen molar-refractivity contribution in [1.82, 2.24) is 5.32 Å². The third-order valence-corrected chi connectivity index (χ3v) is 4.15. The third kappa shape index (κ3) is 3.63. The fourth-order valence-electron chi connectivity index (χ4n) is 2.88. The number of anilines is 1. The van der Waals surface area contributed by atoms with Crippen LogP contribution in [0.1, 0.15) is 49.4 Å². The number of hydrogen-bond donors (Lipinski definition) is 2. The van der Waals surface area contributed by atoms with Gasteiger partial charge < -0.3 is 11.1 Å². The Hall–Kier alpha value is -1.22. The second kappa shape index (κ2) is 6.29. The Morgan fingerprint density at radius 2 is 2.11 bits per heavy atom. The van der Waals surface area contributed by atoms with E-state index in [0.29, 0.717) is 22.2 Å². The van der Waals surface area contributed by atoms with Crippen LogP contribution in [0.5, 0.6) is 0 Å².